The number of unbranched alkanes of at least 4 members (excludes halogenated alkanes) is 12. The van der Waals surface area contributed by atoms with Crippen molar-refractivity contribution in [3.8, 4) is 0 Å². The van der Waals surface area contributed by atoms with Crippen molar-refractivity contribution in [2.24, 2.45) is 5.92 Å². The highest BCUT2D eigenvalue weighted by Gasteiger charge is 2.19. The number of carboxylic acid groups (broad SMARTS) is 1. The molecular weight excluding hydrogens is 358 g/mol. The zero-order valence-electron chi connectivity index (χ0n) is 21.1. The predicted octanol–water partition coefficient (Wildman–Crippen LogP) is 6.74. The number of nitrogens with zero attached hydrogens (tertiary/aromatic N) is 1. The fourth-order valence-corrected chi connectivity index (χ4v) is 3.63. The van der Waals surface area contributed by atoms with Crippen LogP contribution in [0.2, 0.25) is 0 Å². The molecule has 0 aliphatic carbocycles. The van der Waals surface area contributed by atoms with Gasteiger partial charge in [-0.05, 0) is 44.4 Å². The lowest BCUT2D eigenvalue weighted by molar-refractivity contribution is -0.910. The number of carboxylic acids is 1. The Morgan fingerprint density at radius 2 is 0.862 bits per heavy atom. The zero-order valence-corrected chi connectivity index (χ0v) is 21.1. The van der Waals surface area contributed by atoms with E-state index < -0.39 is 5.97 Å². The minimum Gasteiger partial charge on any atom is -0.550 e. The van der Waals surface area contributed by atoms with Gasteiger partial charge in [-0.3, -0.25) is 0 Å². The summed E-state index contributed by atoms with van der Waals surface area (Å²) in [5.74, 6) is -1.33. The molecule has 0 amide bonds. The average molecular weight is 414 g/mol. The van der Waals surface area contributed by atoms with Crippen LogP contribution >= 0.6 is 0 Å². The second-order valence-electron chi connectivity index (χ2n) is 9.51. The van der Waals surface area contributed by atoms with Gasteiger partial charge in [0, 0.05) is 5.97 Å². The van der Waals surface area contributed by atoms with E-state index in [1.54, 1.807) is 13.8 Å². The number of hydrogen-bond acceptors (Lipinski definition) is 2. The fourth-order valence-electron chi connectivity index (χ4n) is 3.63. The Morgan fingerprint density at radius 1 is 0.621 bits per heavy atom. The summed E-state index contributed by atoms with van der Waals surface area (Å²) >= 11 is 0. The molecule has 0 spiro atoms. The fraction of sp³-hybridized carbons (Fsp3) is 0.962. The Labute approximate surface area is 184 Å². The van der Waals surface area contributed by atoms with Gasteiger partial charge < -0.3 is 14.4 Å². The van der Waals surface area contributed by atoms with Crippen LogP contribution in [0.4, 0.5) is 0 Å². The van der Waals surface area contributed by atoms with Crippen molar-refractivity contribution in [3.63, 3.8) is 0 Å². The first-order valence-electron chi connectivity index (χ1n) is 12.9. The lowest BCUT2D eigenvalue weighted by Crippen LogP contribution is -2.46. The van der Waals surface area contributed by atoms with Crippen LogP contribution in [0.15, 0.2) is 0 Å². The normalized spacial score (nSPS) is 11.4. The van der Waals surface area contributed by atoms with Gasteiger partial charge in [-0.2, -0.15) is 0 Å². The number of rotatable bonds is 19. The number of carbonyl (C=O) groups excluding carboxylic acids is 1. The summed E-state index contributed by atoms with van der Waals surface area (Å²) in [6, 6.07) is 0. The molecule has 0 aliphatic rings. The van der Waals surface area contributed by atoms with Crippen molar-refractivity contribution in [3.05, 3.63) is 0 Å². The maximum atomic E-state index is 9.59. The van der Waals surface area contributed by atoms with Crippen LogP contribution in [-0.2, 0) is 4.79 Å². The van der Waals surface area contributed by atoms with Crippen molar-refractivity contribution in [2.45, 2.75) is 131 Å². The lowest BCUT2D eigenvalue weighted by atomic mass is 10.1. The van der Waals surface area contributed by atoms with Crippen LogP contribution in [0.25, 0.3) is 0 Å². The van der Waals surface area contributed by atoms with Gasteiger partial charge in [0.15, 0.2) is 0 Å². The highest BCUT2D eigenvalue weighted by Crippen LogP contribution is 2.15. The summed E-state index contributed by atoms with van der Waals surface area (Å²) in [6.45, 7) is 14.4. The van der Waals surface area contributed by atoms with E-state index in [1.807, 2.05) is 0 Å². The third kappa shape index (κ3) is 23.6. The Kier molecular flexibility index (Phi) is 23.4. The Morgan fingerprint density at radius 3 is 1.07 bits per heavy atom. The lowest BCUT2D eigenvalue weighted by Gasteiger charge is -2.35. The summed E-state index contributed by atoms with van der Waals surface area (Å²) < 4.78 is 1.35. The van der Waals surface area contributed by atoms with Gasteiger partial charge in [0.1, 0.15) is 0 Å². The summed E-state index contributed by atoms with van der Waals surface area (Å²) in [4.78, 5) is 9.59. The predicted molar refractivity (Wildman–Crippen MR) is 127 cm³/mol. The highest BCUT2D eigenvalue weighted by atomic mass is 16.4. The largest absolute Gasteiger partial charge is 0.550 e. The number of hydrogen-bond donors (Lipinski definition) is 0. The minimum absolute atomic E-state index is 0.343. The Bertz CT molecular complexity index is 306. The maximum absolute atomic E-state index is 9.59. The van der Waals surface area contributed by atoms with Gasteiger partial charge in [-0.1, -0.05) is 92.4 Å². The third-order valence-electron chi connectivity index (χ3n) is 5.88. The van der Waals surface area contributed by atoms with Crippen LogP contribution in [0.3, 0.4) is 0 Å². The molecule has 0 aromatic heterocycles. The molecule has 0 saturated heterocycles. The van der Waals surface area contributed by atoms with Crippen molar-refractivity contribution in [2.75, 3.05) is 26.7 Å². The van der Waals surface area contributed by atoms with Gasteiger partial charge in [-0.15, -0.1) is 0 Å². The van der Waals surface area contributed by atoms with Crippen LogP contribution in [0, 0.1) is 5.92 Å². The quantitative estimate of drug-likeness (QED) is 0.174. The molecule has 0 heterocycles. The molecular formula is C26H55NO2. The first-order chi connectivity index (χ1) is 13.8. The molecule has 0 fully saturated rings. The summed E-state index contributed by atoms with van der Waals surface area (Å²) in [5, 5.41) is 9.59. The SMILES string of the molecule is CC(C)C(=O)[O-].CCCCCCC[N+](C)(CCCCCCC)CCCCCCC. The monoisotopic (exact) mass is 413 g/mol. The van der Waals surface area contributed by atoms with E-state index >= 15 is 0 Å². The molecule has 0 atom stereocenters. The third-order valence-corrected chi connectivity index (χ3v) is 5.88. The molecule has 3 heteroatoms. The van der Waals surface area contributed by atoms with Crippen LogP contribution in [-0.4, -0.2) is 37.1 Å². The molecule has 0 aromatic carbocycles. The van der Waals surface area contributed by atoms with Crippen LogP contribution in [0.5, 0.6) is 0 Å². The van der Waals surface area contributed by atoms with Gasteiger partial charge >= 0.3 is 0 Å². The first-order valence-corrected chi connectivity index (χ1v) is 12.9. The van der Waals surface area contributed by atoms with Crippen LogP contribution < -0.4 is 5.11 Å². The van der Waals surface area contributed by atoms with Crippen molar-refractivity contribution >= 4 is 5.97 Å². The van der Waals surface area contributed by atoms with Crippen molar-refractivity contribution in [1.82, 2.24) is 0 Å². The van der Waals surface area contributed by atoms with E-state index in [0.717, 1.165) is 0 Å². The number of aliphatic carboxylic acids is 1. The van der Waals surface area contributed by atoms with Crippen LogP contribution in [0.1, 0.15) is 131 Å². The summed E-state index contributed by atoms with van der Waals surface area (Å²) in [7, 11) is 2.54. The van der Waals surface area contributed by atoms with Gasteiger partial charge in [0.05, 0.1) is 26.7 Å². The molecule has 29 heavy (non-hydrogen) atoms. The van der Waals surface area contributed by atoms with E-state index in [9.17, 15) is 9.90 Å². The van der Waals surface area contributed by atoms with E-state index in [-0.39, 0.29) is 5.92 Å². The second-order valence-corrected chi connectivity index (χ2v) is 9.51. The molecule has 0 aromatic rings. The van der Waals surface area contributed by atoms with E-state index in [1.165, 1.54) is 120 Å². The highest BCUT2D eigenvalue weighted by molar-refractivity contribution is 5.66. The van der Waals surface area contributed by atoms with E-state index in [2.05, 4.69) is 27.8 Å². The van der Waals surface area contributed by atoms with Gasteiger partial charge in [-0.25, -0.2) is 0 Å². The molecule has 176 valence electrons. The van der Waals surface area contributed by atoms with Crippen molar-refractivity contribution in [1.29, 1.82) is 0 Å². The standard InChI is InChI=1S/C22H48N.C4H8O2/c1-5-8-11-14-17-20-23(4,21-18-15-12-9-6-2)22-19-16-13-10-7-3;1-3(2)4(5)6/h5-22H2,1-4H3;3H,1-2H3,(H,5,6)/q+1;/p-1. The van der Waals surface area contributed by atoms with Gasteiger partial charge in [0.25, 0.3) is 0 Å². The molecule has 0 rings (SSSR count). The molecule has 0 unspecified atom stereocenters. The molecule has 0 N–H and O–H groups in total. The second kappa shape index (κ2) is 22.1. The molecule has 0 bridgehead atoms. The van der Waals surface area contributed by atoms with Gasteiger partial charge in [0.2, 0.25) is 0 Å². The maximum Gasteiger partial charge on any atom is 0.0784 e. The smallest absolute Gasteiger partial charge is 0.0784 e. The summed E-state index contributed by atoms with van der Waals surface area (Å²) in [6.07, 6.45) is 21.4. The Balaban J connectivity index is 0. The average Bonchev–Trinajstić information content (AvgIpc) is 2.68. The van der Waals surface area contributed by atoms with E-state index in [0.29, 0.717) is 0 Å². The minimum atomic E-state index is -0.991. The number of carbonyl (C=O) groups is 1. The molecule has 0 aliphatic heterocycles. The zero-order chi connectivity index (χ0) is 22.4. The van der Waals surface area contributed by atoms with Crippen molar-refractivity contribution < 1.29 is 14.4 Å². The van der Waals surface area contributed by atoms with E-state index in [4.69, 9.17) is 0 Å². The Hall–Kier alpha value is -0.570. The molecule has 0 radical (unpaired) electrons. The number of quaternary nitrogens is 1. The topological polar surface area (TPSA) is 40.1 Å². The summed E-state index contributed by atoms with van der Waals surface area (Å²) in [5.41, 5.74) is 0. The first kappa shape index (κ1) is 30.6. The molecule has 3 nitrogen and oxygen atoms in total. The molecule has 0 saturated carbocycles.